The summed E-state index contributed by atoms with van der Waals surface area (Å²) in [7, 11) is -8.96. The van der Waals surface area contributed by atoms with E-state index in [2.05, 4.69) is 0 Å². The predicted molar refractivity (Wildman–Crippen MR) is 90.8 cm³/mol. The third kappa shape index (κ3) is 5.52. The summed E-state index contributed by atoms with van der Waals surface area (Å²) in [5.74, 6) is -1.26. The highest BCUT2D eigenvalue weighted by atomic mass is 32.2. The van der Waals surface area contributed by atoms with Gasteiger partial charge >= 0.3 is 6.18 Å². The smallest absolute Gasteiger partial charge is 0.279 e. The maximum Gasteiger partial charge on any atom is 0.416 e. The molecule has 0 atom stereocenters. The number of halogens is 4. The fourth-order valence-corrected chi connectivity index (χ4v) is 3.76. The highest BCUT2D eigenvalue weighted by Crippen LogP contribution is 2.30. The molecule has 2 aromatic carbocycles. The molecule has 0 spiro atoms. The Hall–Kier alpha value is -2.44. The monoisotopic (exact) mass is 424 g/mol. The van der Waals surface area contributed by atoms with Crippen molar-refractivity contribution in [3.05, 3.63) is 64.8 Å². The molecule has 0 aromatic heterocycles. The van der Waals surface area contributed by atoms with E-state index in [4.69, 9.17) is 5.14 Å². The van der Waals surface area contributed by atoms with E-state index in [1.807, 2.05) is 4.72 Å². The van der Waals surface area contributed by atoms with Crippen LogP contribution in [0.4, 0.5) is 23.2 Å². The van der Waals surface area contributed by atoms with Crippen LogP contribution in [-0.2, 0) is 26.2 Å². The van der Waals surface area contributed by atoms with Crippen molar-refractivity contribution in [2.24, 2.45) is 5.14 Å². The average molecular weight is 424 g/mol. The molecule has 0 heterocycles. The fourth-order valence-electron chi connectivity index (χ4n) is 2.05. The van der Waals surface area contributed by atoms with E-state index in [0.29, 0.717) is 5.41 Å². The van der Waals surface area contributed by atoms with Crippen molar-refractivity contribution in [1.29, 1.82) is 0 Å². The lowest BCUT2D eigenvalue weighted by Gasteiger charge is -2.10. The topological polar surface area (TPSA) is 106 Å². The second-order valence-electron chi connectivity index (χ2n) is 5.23. The quantitative estimate of drug-likeness (QED) is 0.720. The van der Waals surface area contributed by atoms with E-state index in [1.54, 1.807) is 0 Å². The van der Waals surface area contributed by atoms with Gasteiger partial charge in [-0.25, -0.2) is 26.4 Å². The highest BCUT2D eigenvalue weighted by molar-refractivity contribution is 7.95. The number of rotatable bonds is 5. The van der Waals surface area contributed by atoms with Crippen LogP contribution >= 0.6 is 0 Å². The Kier molecular flexibility index (Phi) is 5.63. The zero-order valence-electron chi connectivity index (χ0n) is 13.2. The molecular weight excluding hydrogens is 412 g/mol. The zero-order valence-corrected chi connectivity index (χ0v) is 14.9. The first-order valence-electron chi connectivity index (χ1n) is 6.99. The molecule has 146 valence electrons. The molecule has 0 amide bonds. The van der Waals surface area contributed by atoms with Crippen molar-refractivity contribution < 1.29 is 34.4 Å². The van der Waals surface area contributed by atoms with Crippen molar-refractivity contribution in [2.75, 3.05) is 4.72 Å². The first-order chi connectivity index (χ1) is 12.3. The van der Waals surface area contributed by atoms with Gasteiger partial charge in [-0.1, -0.05) is 18.2 Å². The molecule has 0 saturated heterocycles. The molecule has 0 saturated carbocycles. The summed E-state index contributed by atoms with van der Waals surface area (Å²) in [5.41, 5.74) is -1.68. The summed E-state index contributed by atoms with van der Waals surface area (Å²) in [6.45, 7) is 0. The van der Waals surface area contributed by atoms with Crippen LogP contribution < -0.4 is 9.86 Å². The van der Waals surface area contributed by atoms with Gasteiger partial charge in [0.15, 0.2) is 0 Å². The van der Waals surface area contributed by atoms with Crippen LogP contribution in [0.2, 0.25) is 0 Å². The molecule has 0 aliphatic rings. The number of hydrogen-bond acceptors (Lipinski definition) is 4. The van der Waals surface area contributed by atoms with Crippen molar-refractivity contribution in [1.82, 2.24) is 0 Å². The van der Waals surface area contributed by atoms with Gasteiger partial charge in [-0.2, -0.15) is 13.2 Å². The van der Waals surface area contributed by atoms with Crippen molar-refractivity contribution in [3.8, 4) is 0 Å². The third-order valence-electron chi connectivity index (χ3n) is 3.16. The SMILES string of the molecule is NS(=O)(=O)c1c(F)cccc1NS(=O)(=O)C=Cc1cccc(C(F)(F)F)c1. The van der Waals surface area contributed by atoms with Gasteiger partial charge in [0, 0.05) is 0 Å². The molecule has 2 aromatic rings. The average Bonchev–Trinajstić information content (AvgIpc) is 2.51. The molecule has 12 heteroatoms. The maximum absolute atomic E-state index is 13.7. The van der Waals surface area contributed by atoms with Crippen molar-refractivity contribution in [3.63, 3.8) is 0 Å². The molecule has 0 radical (unpaired) electrons. The zero-order chi connectivity index (χ0) is 20.5. The number of nitrogens with one attached hydrogen (secondary N) is 1. The number of anilines is 1. The van der Waals surface area contributed by atoms with Crippen LogP contribution in [0.1, 0.15) is 11.1 Å². The molecule has 0 bridgehead atoms. The predicted octanol–water partition coefficient (Wildman–Crippen LogP) is 2.90. The lowest BCUT2D eigenvalue weighted by Crippen LogP contribution is -2.19. The third-order valence-corrected chi connectivity index (χ3v) is 5.14. The van der Waals surface area contributed by atoms with Gasteiger partial charge in [0.25, 0.3) is 10.0 Å². The Morgan fingerprint density at radius 2 is 1.63 bits per heavy atom. The van der Waals surface area contributed by atoms with E-state index >= 15 is 0 Å². The largest absolute Gasteiger partial charge is 0.416 e. The van der Waals surface area contributed by atoms with Crippen LogP contribution in [0, 0.1) is 5.82 Å². The van der Waals surface area contributed by atoms with Crippen LogP contribution in [0.3, 0.4) is 0 Å². The van der Waals surface area contributed by atoms with Gasteiger partial charge in [-0.3, -0.25) is 4.72 Å². The molecule has 0 aliphatic heterocycles. The van der Waals surface area contributed by atoms with Crippen LogP contribution in [0.25, 0.3) is 6.08 Å². The Bertz CT molecular complexity index is 1100. The second kappa shape index (κ2) is 7.29. The van der Waals surface area contributed by atoms with E-state index in [-0.39, 0.29) is 5.56 Å². The lowest BCUT2D eigenvalue weighted by molar-refractivity contribution is -0.137. The molecule has 6 nitrogen and oxygen atoms in total. The number of primary sulfonamides is 1. The number of sulfonamides is 2. The highest BCUT2D eigenvalue weighted by Gasteiger charge is 2.30. The summed E-state index contributed by atoms with van der Waals surface area (Å²) in [6.07, 6.45) is -3.74. The first-order valence-corrected chi connectivity index (χ1v) is 10.1. The summed E-state index contributed by atoms with van der Waals surface area (Å²) >= 11 is 0. The summed E-state index contributed by atoms with van der Waals surface area (Å²) in [4.78, 5) is -1.05. The maximum atomic E-state index is 13.7. The number of nitrogens with two attached hydrogens (primary N) is 1. The van der Waals surface area contributed by atoms with Gasteiger partial charge in [0.2, 0.25) is 10.0 Å². The molecule has 3 N–H and O–H groups in total. The van der Waals surface area contributed by atoms with Crippen LogP contribution in [0.15, 0.2) is 52.8 Å². The lowest BCUT2D eigenvalue weighted by atomic mass is 10.1. The van der Waals surface area contributed by atoms with Crippen molar-refractivity contribution >= 4 is 31.8 Å². The van der Waals surface area contributed by atoms with Crippen molar-refractivity contribution in [2.45, 2.75) is 11.1 Å². The minimum Gasteiger partial charge on any atom is -0.279 e. The van der Waals surface area contributed by atoms with E-state index in [0.717, 1.165) is 42.5 Å². The normalized spacial score (nSPS) is 13.1. The van der Waals surface area contributed by atoms with Gasteiger partial charge in [0.05, 0.1) is 16.7 Å². The van der Waals surface area contributed by atoms with E-state index < -0.39 is 48.2 Å². The Labute approximate surface area is 152 Å². The minimum absolute atomic E-state index is 0.0684. The Morgan fingerprint density at radius 3 is 2.22 bits per heavy atom. The minimum atomic E-state index is -4.60. The molecule has 27 heavy (non-hydrogen) atoms. The van der Waals surface area contributed by atoms with Gasteiger partial charge < -0.3 is 0 Å². The number of alkyl halides is 3. The molecule has 0 fully saturated rings. The molecule has 0 unspecified atom stereocenters. The van der Waals surface area contributed by atoms with Gasteiger partial charge in [0.1, 0.15) is 10.7 Å². The molecular formula is C15H12F4N2O4S2. The second-order valence-corrected chi connectivity index (χ2v) is 8.30. The molecule has 2 rings (SSSR count). The summed E-state index contributed by atoms with van der Waals surface area (Å²) in [5, 5.41) is 5.39. The van der Waals surface area contributed by atoms with Gasteiger partial charge in [-0.05, 0) is 35.9 Å². The summed E-state index contributed by atoms with van der Waals surface area (Å²) in [6, 6.07) is 6.67. The molecule has 0 aliphatic carbocycles. The summed E-state index contributed by atoms with van der Waals surface area (Å²) < 4.78 is 101. The van der Waals surface area contributed by atoms with Crippen LogP contribution in [-0.4, -0.2) is 16.8 Å². The number of benzene rings is 2. The fraction of sp³-hybridized carbons (Fsp3) is 0.0667. The first kappa shape index (κ1) is 20.9. The Balaban J connectivity index is 2.35. The Morgan fingerprint density at radius 1 is 1.00 bits per heavy atom. The van der Waals surface area contributed by atoms with Gasteiger partial charge in [-0.15, -0.1) is 0 Å². The number of hydrogen-bond donors (Lipinski definition) is 2. The van der Waals surface area contributed by atoms with Crippen LogP contribution in [0.5, 0.6) is 0 Å². The van der Waals surface area contributed by atoms with E-state index in [9.17, 15) is 34.4 Å². The standard InChI is InChI=1S/C15H12F4N2O4S2/c16-12-5-2-6-13(14(12)27(20,24)25)21-26(22,23)8-7-10-3-1-4-11(9-10)15(17,18)19/h1-9,21H,(H2,20,24,25). The van der Waals surface area contributed by atoms with E-state index in [1.165, 1.54) is 6.07 Å².